The Balaban J connectivity index is 1.86. The fraction of sp³-hybridized carbons (Fsp3) is 0.286. The first-order valence-corrected chi connectivity index (χ1v) is 8.68. The van der Waals surface area contributed by atoms with Crippen LogP contribution >= 0.6 is 0 Å². The van der Waals surface area contributed by atoms with Gasteiger partial charge in [0, 0.05) is 12.5 Å². The average molecular weight is 351 g/mol. The van der Waals surface area contributed by atoms with Crippen molar-refractivity contribution in [3.8, 4) is 0 Å². The lowest BCUT2D eigenvalue weighted by Gasteiger charge is -2.22. The fourth-order valence-electron chi connectivity index (χ4n) is 3.17. The van der Waals surface area contributed by atoms with E-state index < -0.39 is 0 Å². The molecule has 2 aromatic rings. The Bertz CT molecular complexity index is 806. The molecule has 0 bridgehead atoms. The number of benzene rings is 2. The molecule has 0 radical (unpaired) electrons. The molecule has 0 aromatic heterocycles. The van der Waals surface area contributed by atoms with Gasteiger partial charge in [-0.05, 0) is 31.5 Å². The Labute approximate surface area is 152 Å². The molecule has 1 aliphatic heterocycles. The summed E-state index contributed by atoms with van der Waals surface area (Å²) in [6, 6.07) is 14.6. The summed E-state index contributed by atoms with van der Waals surface area (Å²) in [6.45, 7) is 4.18. The monoisotopic (exact) mass is 351 g/mol. The maximum absolute atomic E-state index is 12.6. The van der Waals surface area contributed by atoms with Gasteiger partial charge in [-0.15, -0.1) is 0 Å². The predicted octanol–water partition coefficient (Wildman–Crippen LogP) is 3.33. The van der Waals surface area contributed by atoms with E-state index in [1.165, 1.54) is 4.90 Å². The van der Waals surface area contributed by atoms with E-state index in [1.807, 2.05) is 31.2 Å². The number of imide groups is 1. The van der Waals surface area contributed by atoms with Crippen LogP contribution in [0.15, 0.2) is 48.5 Å². The van der Waals surface area contributed by atoms with Gasteiger partial charge in [0.15, 0.2) is 0 Å². The molecule has 0 fully saturated rings. The molecule has 2 aromatic carbocycles. The van der Waals surface area contributed by atoms with Crippen molar-refractivity contribution in [2.45, 2.75) is 26.2 Å². The van der Waals surface area contributed by atoms with E-state index in [1.54, 1.807) is 31.2 Å². The lowest BCUT2D eigenvalue weighted by molar-refractivity contribution is -0.143. The van der Waals surface area contributed by atoms with Gasteiger partial charge in [-0.25, -0.2) is 0 Å². The fourth-order valence-corrected chi connectivity index (χ4v) is 3.17. The molecule has 1 aliphatic rings. The number of ether oxygens (including phenoxy) is 1. The number of nitrogens with zero attached hydrogens (tertiary/aromatic N) is 1. The highest BCUT2D eigenvalue weighted by molar-refractivity contribution is 6.21. The summed E-state index contributed by atoms with van der Waals surface area (Å²) in [5.74, 6) is -1.27. The van der Waals surface area contributed by atoms with Gasteiger partial charge >= 0.3 is 5.97 Å². The van der Waals surface area contributed by atoms with Gasteiger partial charge in [0.25, 0.3) is 11.8 Å². The van der Waals surface area contributed by atoms with Crippen LogP contribution < -0.4 is 0 Å². The van der Waals surface area contributed by atoms with Crippen LogP contribution in [0.1, 0.15) is 51.1 Å². The van der Waals surface area contributed by atoms with Crippen molar-refractivity contribution in [3.05, 3.63) is 70.8 Å². The first-order chi connectivity index (χ1) is 12.5. The van der Waals surface area contributed by atoms with Crippen molar-refractivity contribution in [2.24, 2.45) is 0 Å². The smallest absolute Gasteiger partial charge is 0.306 e. The third-order valence-corrected chi connectivity index (χ3v) is 4.55. The summed E-state index contributed by atoms with van der Waals surface area (Å²) >= 11 is 0. The second-order valence-electron chi connectivity index (χ2n) is 6.38. The summed E-state index contributed by atoms with van der Waals surface area (Å²) in [4.78, 5) is 38.5. The molecule has 1 heterocycles. The third kappa shape index (κ3) is 3.52. The Kier molecular flexibility index (Phi) is 5.16. The van der Waals surface area contributed by atoms with Crippen molar-refractivity contribution in [1.29, 1.82) is 0 Å². The average Bonchev–Trinajstić information content (AvgIpc) is 2.87. The van der Waals surface area contributed by atoms with Crippen LogP contribution in [0.2, 0.25) is 0 Å². The maximum atomic E-state index is 12.6. The summed E-state index contributed by atoms with van der Waals surface area (Å²) in [7, 11) is 0. The quantitative estimate of drug-likeness (QED) is 0.591. The first kappa shape index (κ1) is 17.9. The summed E-state index contributed by atoms with van der Waals surface area (Å²) < 4.78 is 5.07. The highest BCUT2D eigenvalue weighted by Gasteiger charge is 2.37. The van der Waals surface area contributed by atoms with E-state index in [0.29, 0.717) is 17.7 Å². The predicted molar refractivity (Wildman–Crippen MR) is 97.0 cm³/mol. The van der Waals surface area contributed by atoms with Crippen molar-refractivity contribution in [3.63, 3.8) is 0 Å². The topological polar surface area (TPSA) is 63.7 Å². The normalized spacial score (nSPS) is 14.3. The van der Waals surface area contributed by atoms with Crippen LogP contribution in [-0.2, 0) is 9.53 Å². The van der Waals surface area contributed by atoms with E-state index in [0.717, 1.165) is 11.1 Å². The van der Waals surface area contributed by atoms with Gasteiger partial charge in [-0.3, -0.25) is 19.3 Å². The van der Waals surface area contributed by atoms with Crippen molar-refractivity contribution in [1.82, 2.24) is 4.90 Å². The Morgan fingerprint density at radius 2 is 1.58 bits per heavy atom. The molecule has 5 heteroatoms. The minimum atomic E-state index is -0.338. The zero-order valence-corrected chi connectivity index (χ0v) is 14.9. The molecule has 134 valence electrons. The maximum Gasteiger partial charge on any atom is 0.306 e. The number of amides is 2. The number of hydrogen-bond acceptors (Lipinski definition) is 4. The third-order valence-electron chi connectivity index (χ3n) is 4.55. The minimum absolute atomic E-state index is 0.115. The number of carbonyl (C=O) groups excluding carboxylic acids is 3. The highest BCUT2D eigenvalue weighted by atomic mass is 16.5. The summed E-state index contributed by atoms with van der Waals surface area (Å²) in [6.07, 6.45) is 0.115. The van der Waals surface area contributed by atoms with Crippen LogP contribution in [0, 0.1) is 6.92 Å². The van der Waals surface area contributed by atoms with Gasteiger partial charge in [-0.2, -0.15) is 0 Å². The second-order valence-corrected chi connectivity index (χ2v) is 6.38. The molecule has 3 rings (SSSR count). The van der Waals surface area contributed by atoms with Crippen molar-refractivity contribution in [2.75, 3.05) is 13.2 Å². The van der Waals surface area contributed by atoms with Gasteiger partial charge in [0.2, 0.25) is 0 Å². The number of fused-ring (bicyclic) bond motifs is 1. The number of esters is 1. The first-order valence-electron chi connectivity index (χ1n) is 8.68. The van der Waals surface area contributed by atoms with Crippen LogP contribution in [0.3, 0.4) is 0 Å². The van der Waals surface area contributed by atoms with Crippen LogP contribution in [-0.4, -0.2) is 35.8 Å². The molecule has 0 N–H and O–H groups in total. The SMILES string of the molecule is CCOC(=O)CC(CN1C(=O)c2ccccc2C1=O)c1ccc(C)cc1. The van der Waals surface area contributed by atoms with Crippen molar-refractivity contribution < 1.29 is 19.1 Å². The largest absolute Gasteiger partial charge is 0.466 e. The number of carbonyl (C=O) groups is 3. The zero-order valence-electron chi connectivity index (χ0n) is 14.9. The summed E-state index contributed by atoms with van der Waals surface area (Å²) in [5.41, 5.74) is 2.83. The van der Waals surface area contributed by atoms with Gasteiger partial charge < -0.3 is 4.74 Å². The molecule has 0 spiro atoms. The van der Waals surface area contributed by atoms with Gasteiger partial charge in [0.1, 0.15) is 0 Å². The molecule has 0 saturated heterocycles. The van der Waals surface area contributed by atoms with E-state index in [9.17, 15) is 14.4 Å². The van der Waals surface area contributed by atoms with Crippen molar-refractivity contribution >= 4 is 17.8 Å². The second kappa shape index (κ2) is 7.52. The molecule has 0 aliphatic carbocycles. The Hall–Kier alpha value is -2.95. The molecule has 0 saturated carbocycles. The minimum Gasteiger partial charge on any atom is -0.466 e. The molecular formula is C21H21NO4. The number of aryl methyl sites for hydroxylation is 1. The van der Waals surface area contributed by atoms with E-state index in [2.05, 4.69) is 0 Å². The lowest BCUT2D eigenvalue weighted by atomic mass is 9.94. The molecular weight excluding hydrogens is 330 g/mol. The molecule has 5 nitrogen and oxygen atoms in total. The Morgan fingerprint density at radius 1 is 1.00 bits per heavy atom. The zero-order chi connectivity index (χ0) is 18.7. The van der Waals surface area contributed by atoms with E-state index in [-0.39, 0.29) is 36.7 Å². The lowest BCUT2D eigenvalue weighted by Crippen LogP contribution is -2.34. The molecule has 1 atom stereocenters. The molecule has 2 amide bonds. The summed E-state index contributed by atoms with van der Waals surface area (Å²) in [5, 5.41) is 0. The van der Waals surface area contributed by atoms with Gasteiger partial charge in [-0.1, -0.05) is 42.0 Å². The number of hydrogen-bond donors (Lipinski definition) is 0. The van der Waals surface area contributed by atoms with Gasteiger partial charge in [0.05, 0.1) is 24.2 Å². The molecule has 26 heavy (non-hydrogen) atoms. The highest BCUT2D eigenvalue weighted by Crippen LogP contribution is 2.28. The van der Waals surface area contributed by atoms with Crippen LogP contribution in [0.25, 0.3) is 0 Å². The standard InChI is InChI=1S/C21H21NO4/c1-3-26-19(23)12-16(15-10-8-14(2)9-11-15)13-22-20(24)17-6-4-5-7-18(17)21(22)25/h4-11,16H,3,12-13H2,1-2H3. The van der Waals surface area contributed by atoms with Crippen LogP contribution in [0.4, 0.5) is 0 Å². The Morgan fingerprint density at radius 3 is 2.12 bits per heavy atom. The number of rotatable bonds is 6. The molecule has 1 unspecified atom stereocenters. The van der Waals surface area contributed by atoms with E-state index >= 15 is 0 Å². The van der Waals surface area contributed by atoms with Crippen LogP contribution in [0.5, 0.6) is 0 Å². The van der Waals surface area contributed by atoms with E-state index in [4.69, 9.17) is 4.74 Å².